The van der Waals surface area contributed by atoms with Crippen molar-refractivity contribution in [2.24, 2.45) is 17.5 Å². The van der Waals surface area contributed by atoms with Crippen LogP contribution in [-0.2, 0) is 13.5 Å². The van der Waals surface area contributed by atoms with E-state index in [0.29, 0.717) is 5.41 Å². The minimum absolute atomic E-state index is 0.632. The Balaban J connectivity index is 1.41. The third-order valence-electron chi connectivity index (χ3n) is 5.05. The highest BCUT2D eigenvalue weighted by Crippen LogP contribution is 2.47. The van der Waals surface area contributed by atoms with Crippen molar-refractivity contribution < 1.29 is 0 Å². The Kier molecular flexibility index (Phi) is 4.17. The van der Waals surface area contributed by atoms with Crippen LogP contribution in [0.15, 0.2) is 17.4 Å². The quantitative estimate of drug-likeness (QED) is 0.522. The summed E-state index contributed by atoms with van der Waals surface area (Å²) in [7, 11) is 3.86. The van der Waals surface area contributed by atoms with Crippen LogP contribution >= 0.6 is 0 Å². The highest BCUT2D eigenvalue weighted by atomic mass is 15.3. The molecule has 1 N–H and O–H groups in total. The van der Waals surface area contributed by atoms with Crippen LogP contribution in [0.5, 0.6) is 0 Å². The summed E-state index contributed by atoms with van der Waals surface area (Å²) < 4.78 is 1.87. The maximum Gasteiger partial charge on any atom is 0.193 e. The lowest BCUT2D eigenvalue weighted by molar-refractivity contribution is 0.151. The Bertz CT molecular complexity index is 501. The molecule has 2 fully saturated rings. The lowest BCUT2D eigenvalue weighted by Gasteiger charge is -2.38. The molecule has 2 heterocycles. The van der Waals surface area contributed by atoms with Gasteiger partial charge in [-0.3, -0.25) is 9.67 Å². The molecule has 116 valence electrons. The van der Waals surface area contributed by atoms with Crippen LogP contribution in [0.3, 0.4) is 0 Å². The van der Waals surface area contributed by atoms with Crippen LogP contribution in [0.2, 0.25) is 0 Å². The van der Waals surface area contributed by atoms with Gasteiger partial charge < -0.3 is 10.2 Å². The van der Waals surface area contributed by atoms with E-state index in [1.54, 1.807) is 0 Å². The summed E-state index contributed by atoms with van der Waals surface area (Å²) in [6, 6.07) is 0. The second-order valence-electron chi connectivity index (χ2n) is 6.62. The average Bonchev–Trinajstić information content (AvgIpc) is 3.05. The van der Waals surface area contributed by atoms with E-state index in [4.69, 9.17) is 0 Å². The highest BCUT2D eigenvalue weighted by Gasteiger charge is 2.43. The fraction of sp³-hybridized carbons (Fsp3) is 0.750. The molecule has 2 aliphatic rings. The van der Waals surface area contributed by atoms with Gasteiger partial charge in [0.2, 0.25) is 0 Å². The molecule has 1 aliphatic carbocycles. The van der Waals surface area contributed by atoms with E-state index in [-0.39, 0.29) is 0 Å². The predicted molar refractivity (Wildman–Crippen MR) is 85.4 cm³/mol. The molecule has 0 bridgehead atoms. The first-order chi connectivity index (χ1) is 10.2. The van der Waals surface area contributed by atoms with Crippen molar-refractivity contribution >= 4 is 5.96 Å². The number of likely N-dealkylation sites (tertiary alicyclic amines) is 1. The minimum Gasteiger partial charge on any atom is -0.356 e. The number of hydrogen-bond acceptors (Lipinski definition) is 2. The standard InChI is InChI=1S/C16H27N5/c1-17-15(21-10-8-16(13-21)6-4-7-16)18-9-3-5-14-11-19-20(2)12-14/h11-12H,3-10,13H2,1-2H3,(H,17,18). The van der Waals surface area contributed by atoms with Gasteiger partial charge in [-0.05, 0) is 43.1 Å². The van der Waals surface area contributed by atoms with Crippen molar-refractivity contribution in [2.75, 3.05) is 26.7 Å². The molecule has 5 nitrogen and oxygen atoms in total. The Morgan fingerprint density at radius 2 is 2.29 bits per heavy atom. The molecule has 1 aliphatic heterocycles. The molecule has 0 unspecified atom stereocenters. The molecule has 0 aromatic carbocycles. The monoisotopic (exact) mass is 289 g/mol. The van der Waals surface area contributed by atoms with E-state index in [1.165, 1.54) is 44.3 Å². The van der Waals surface area contributed by atoms with Crippen LogP contribution < -0.4 is 5.32 Å². The lowest BCUT2D eigenvalue weighted by Crippen LogP contribution is -2.42. The third-order valence-corrected chi connectivity index (χ3v) is 5.05. The van der Waals surface area contributed by atoms with Crippen molar-refractivity contribution in [1.29, 1.82) is 0 Å². The predicted octanol–water partition coefficient (Wildman–Crippen LogP) is 1.80. The summed E-state index contributed by atoms with van der Waals surface area (Å²) in [6.07, 6.45) is 11.8. The highest BCUT2D eigenvalue weighted by molar-refractivity contribution is 5.80. The van der Waals surface area contributed by atoms with Gasteiger partial charge in [-0.25, -0.2) is 0 Å². The van der Waals surface area contributed by atoms with E-state index < -0.39 is 0 Å². The smallest absolute Gasteiger partial charge is 0.193 e. The molecule has 1 spiro atoms. The van der Waals surface area contributed by atoms with Gasteiger partial charge in [-0.2, -0.15) is 5.10 Å². The summed E-state index contributed by atoms with van der Waals surface area (Å²) in [4.78, 5) is 6.91. The average molecular weight is 289 g/mol. The molecule has 5 heteroatoms. The van der Waals surface area contributed by atoms with E-state index in [0.717, 1.165) is 25.3 Å². The van der Waals surface area contributed by atoms with Crippen LogP contribution in [0.25, 0.3) is 0 Å². The van der Waals surface area contributed by atoms with E-state index >= 15 is 0 Å². The zero-order valence-electron chi connectivity index (χ0n) is 13.3. The Hall–Kier alpha value is -1.52. The Morgan fingerprint density at radius 1 is 1.43 bits per heavy atom. The van der Waals surface area contributed by atoms with Crippen LogP contribution in [0.4, 0.5) is 0 Å². The molecule has 21 heavy (non-hydrogen) atoms. The second-order valence-corrected chi connectivity index (χ2v) is 6.62. The zero-order valence-corrected chi connectivity index (χ0v) is 13.3. The van der Waals surface area contributed by atoms with Crippen LogP contribution in [0.1, 0.15) is 37.7 Å². The number of rotatable bonds is 4. The second kappa shape index (κ2) is 6.08. The molecule has 0 amide bonds. The third kappa shape index (κ3) is 3.22. The van der Waals surface area contributed by atoms with Gasteiger partial charge in [0.1, 0.15) is 0 Å². The largest absolute Gasteiger partial charge is 0.356 e. The molecule has 1 saturated carbocycles. The van der Waals surface area contributed by atoms with Crippen LogP contribution in [-0.4, -0.2) is 47.3 Å². The summed E-state index contributed by atoms with van der Waals surface area (Å²) in [5, 5.41) is 7.73. The number of hydrogen-bond donors (Lipinski definition) is 1. The molecular weight excluding hydrogens is 262 g/mol. The van der Waals surface area contributed by atoms with Gasteiger partial charge in [0.05, 0.1) is 6.20 Å². The van der Waals surface area contributed by atoms with Gasteiger partial charge in [0.25, 0.3) is 0 Å². The number of aryl methyl sites for hydroxylation is 2. The van der Waals surface area contributed by atoms with Crippen molar-refractivity contribution in [3.8, 4) is 0 Å². The maximum absolute atomic E-state index is 4.46. The molecule has 0 atom stereocenters. The molecular formula is C16H27N5. The number of guanidine groups is 1. The topological polar surface area (TPSA) is 45.5 Å². The normalized spacial score (nSPS) is 20.9. The molecule has 3 rings (SSSR count). The van der Waals surface area contributed by atoms with Gasteiger partial charge in [-0.15, -0.1) is 0 Å². The van der Waals surface area contributed by atoms with Crippen molar-refractivity contribution in [1.82, 2.24) is 20.0 Å². The van der Waals surface area contributed by atoms with Gasteiger partial charge in [0, 0.05) is 39.9 Å². The first kappa shape index (κ1) is 14.4. The number of nitrogens with zero attached hydrogens (tertiary/aromatic N) is 4. The van der Waals surface area contributed by atoms with E-state index in [1.807, 2.05) is 25.0 Å². The fourth-order valence-electron chi connectivity index (χ4n) is 3.63. The summed E-state index contributed by atoms with van der Waals surface area (Å²) >= 11 is 0. The van der Waals surface area contributed by atoms with E-state index in [9.17, 15) is 0 Å². The molecule has 1 aromatic rings. The van der Waals surface area contributed by atoms with Gasteiger partial charge in [-0.1, -0.05) is 6.42 Å². The van der Waals surface area contributed by atoms with Gasteiger partial charge >= 0.3 is 0 Å². The van der Waals surface area contributed by atoms with Crippen molar-refractivity contribution in [3.05, 3.63) is 18.0 Å². The Morgan fingerprint density at radius 3 is 2.86 bits per heavy atom. The summed E-state index contributed by atoms with van der Waals surface area (Å²) in [5.41, 5.74) is 1.94. The first-order valence-corrected chi connectivity index (χ1v) is 8.14. The van der Waals surface area contributed by atoms with Crippen molar-refractivity contribution in [2.45, 2.75) is 38.5 Å². The summed E-state index contributed by atoms with van der Waals surface area (Å²) in [5.74, 6) is 1.09. The number of aromatic nitrogens is 2. The van der Waals surface area contributed by atoms with Gasteiger partial charge in [0.15, 0.2) is 5.96 Å². The Labute approximate surface area is 127 Å². The number of nitrogens with one attached hydrogen (secondary N) is 1. The molecule has 0 radical (unpaired) electrons. The number of aliphatic imine (C=N–C) groups is 1. The lowest BCUT2D eigenvalue weighted by atomic mass is 9.68. The SMILES string of the molecule is CN=C(NCCCc1cnn(C)c1)N1CCC2(CCC2)C1. The maximum atomic E-state index is 4.46. The van der Waals surface area contributed by atoms with Crippen LogP contribution in [0, 0.1) is 5.41 Å². The molecule has 1 saturated heterocycles. The van der Waals surface area contributed by atoms with E-state index in [2.05, 4.69) is 26.5 Å². The molecule has 1 aromatic heterocycles. The zero-order chi connectivity index (χ0) is 14.7. The van der Waals surface area contributed by atoms with Crippen molar-refractivity contribution in [3.63, 3.8) is 0 Å². The summed E-state index contributed by atoms with van der Waals surface area (Å²) in [6.45, 7) is 3.35. The minimum atomic E-state index is 0.632. The first-order valence-electron chi connectivity index (χ1n) is 8.14. The fourth-order valence-corrected chi connectivity index (χ4v) is 3.63.